The van der Waals surface area contributed by atoms with Gasteiger partial charge in [0.1, 0.15) is 17.3 Å². The zero-order valence-corrected chi connectivity index (χ0v) is 25.5. The summed E-state index contributed by atoms with van der Waals surface area (Å²) in [7, 11) is 2.24. The molecule has 1 heterocycles. The molecule has 0 radical (unpaired) electrons. The maximum Gasteiger partial charge on any atom is 0.142 e. The second-order valence-electron chi connectivity index (χ2n) is 10.2. The van der Waals surface area contributed by atoms with Crippen LogP contribution in [0.1, 0.15) is 37.8 Å². The molecule has 212 valence electrons. The van der Waals surface area contributed by atoms with Crippen LogP contribution in [-0.2, 0) is 15.5 Å². The molecule has 0 aliphatic heterocycles. The third-order valence-electron chi connectivity index (χ3n) is 6.95. The first-order valence-electron chi connectivity index (χ1n) is 13.5. The number of allylic oxidation sites excluding steroid dienone is 1. The summed E-state index contributed by atoms with van der Waals surface area (Å²) >= 11 is 6.51. The molecule has 3 aromatic carbocycles. The van der Waals surface area contributed by atoms with Crippen LogP contribution in [0.3, 0.4) is 0 Å². The molecule has 8 heteroatoms. The topological polar surface area (TPSA) is 72.5 Å². The van der Waals surface area contributed by atoms with Crippen LogP contribution in [-0.4, -0.2) is 28.7 Å². The quantitative estimate of drug-likeness (QED) is 0.181. The maximum atomic E-state index is 12.9. The van der Waals surface area contributed by atoms with E-state index in [0.29, 0.717) is 22.3 Å². The minimum atomic E-state index is -1.15. The number of pyridine rings is 1. The predicted molar refractivity (Wildman–Crippen MR) is 170 cm³/mol. The van der Waals surface area contributed by atoms with Crippen LogP contribution in [0.25, 0.3) is 16.9 Å². The number of hydrogen-bond donors (Lipinski definition) is 2. The third-order valence-corrected chi connectivity index (χ3v) is 8.90. The van der Waals surface area contributed by atoms with Gasteiger partial charge in [-0.25, -0.2) is 4.98 Å². The van der Waals surface area contributed by atoms with E-state index in [1.807, 2.05) is 50.2 Å². The normalized spacial score (nSPS) is 13.1. The van der Waals surface area contributed by atoms with E-state index in [2.05, 4.69) is 52.9 Å². The van der Waals surface area contributed by atoms with Crippen LogP contribution in [0.2, 0.25) is 5.02 Å². The maximum absolute atomic E-state index is 12.9. The van der Waals surface area contributed by atoms with Crippen LogP contribution >= 0.6 is 11.6 Å². The van der Waals surface area contributed by atoms with Crippen LogP contribution in [0.15, 0.2) is 83.4 Å². The van der Waals surface area contributed by atoms with Crippen molar-refractivity contribution in [2.24, 2.45) is 0 Å². The van der Waals surface area contributed by atoms with E-state index >= 15 is 0 Å². The van der Waals surface area contributed by atoms with Gasteiger partial charge in [-0.15, -0.1) is 0 Å². The van der Waals surface area contributed by atoms with Gasteiger partial charge in [-0.05, 0) is 66.3 Å². The average molecular weight is 588 g/mol. The number of aryl methyl sites for hydroxylation is 1. The van der Waals surface area contributed by atoms with Gasteiger partial charge in [0.05, 0.1) is 58.2 Å². The van der Waals surface area contributed by atoms with E-state index in [-0.39, 0.29) is 5.25 Å². The predicted octanol–water partition coefficient (Wildman–Crippen LogP) is 8.87. The number of anilines is 4. The van der Waals surface area contributed by atoms with Crippen molar-refractivity contribution in [1.29, 1.82) is 0 Å². The van der Waals surface area contributed by atoms with Crippen LogP contribution in [0, 0.1) is 6.92 Å². The first-order chi connectivity index (χ1) is 19.8. The lowest BCUT2D eigenvalue weighted by molar-refractivity contribution is 0.368. The van der Waals surface area contributed by atoms with E-state index < -0.39 is 10.8 Å². The van der Waals surface area contributed by atoms with Crippen molar-refractivity contribution in [2.75, 3.05) is 24.9 Å². The lowest BCUT2D eigenvalue weighted by Crippen LogP contribution is -2.08. The van der Waals surface area contributed by atoms with Gasteiger partial charge >= 0.3 is 0 Å². The summed E-state index contributed by atoms with van der Waals surface area (Å²) < 4.78 is 24.3. The second kappa shape index (κ2) is 12.4. The van der Waals surface area contributed by atoms with Gasteiger partial charge in [0.2, 0.25) is 0 Å². The smallest absolute Gasteiger partial charge is 0.142 e. The Morgan fingerprint density at radius 2 is 1.68 bits per heavy atom. The molecule has 0 saturated heterocycles. The lowest BCUT2D eigenvalue weighted by Gasteiger charge is -2.17. The highest BCUT2D eigenvalue weighted by Gasteiger charge is 2.20. The molecule has 1 atom stereocenters. The fourth-order valence-electron chi connectivity index (χ4n) is 4.71. The van der Waals surface area contributed by atoms with Gasteiger partial charge in [0, 0.05) is 16.9 Å². The van der Waals surface area contributed by atoms with Crippen molar-refractivity contribution in [1.82, 2.24) is 4.98 Å². The number of para-hydroxylation sites is 1. The van der Waals surface area contributed by atoms with Gasteiger partial charge in [0.25, 0.3) is 0 Å². The summed E-state index contributed by atoms with van der Waals surface area (Å²) in [5.74, 6) is 2.28. The third kappa shape index (κ3) is 6.42. The summed E-state index contributed by atoms with van der Waals surface area (Å²) in [6.07, 6.45) is 3.82. The molecule has 0 amide bonds. The zero-order valence-electron chi connectivity index (χ0n) is 23.9. The first kappa shape index (κ1) is 28.7. The van der Waals surface area contributed by atoms with Crippen LogP contribution in [0.5, 0.6) is 5.75 Å². The number of benzene rings is 3. The van der Waals surface area contributed by atoms with E-state index in [1.54, 1.807) is 20.4 Å². The number of methoxy groups -OCH3 is 2. The van der Waals surface area contributed by atoms with Crippen molar-refractivity contribution >= 4 is 51.0 Å². The molecule has 6 nitrogen and oxygen atoms in total. The molecule has 0 spiro atoms. The van der Waals surface area contributed by atoms with E-state index in [4.69, 9.17) is 21.1 Å². The molecule has 1 aliphatic rings. The van der Waals surface area contributed by atoms with Crippen molar-refractivity contribution in [3.8, 4) is 16.9 Å². The Balaban J connectivity index is 1.41. The van der Waals surface area contributed by atoms with Crippen LogP contribution in [0.4, 0.5) is 22.9 Å². The second-order valence-corrected chi connectivity index (χ2v) is 12.6. The van der Waals surface area contributed by atoms with Gasteiger partial charge in [-0.2, -0.15) is 0 Å². The summed E-state index contributed by atoms with van der Waals surface area (Å²) in [6.45, 7) is 5.96. The van der Waals surface area contributed by atoms with Crippen LogP contribution < -0.4 is 15.4 Å². The summed E-state index contributed by atoms with van der Waals surface area (Å²) in [5.41, 5.74) is 7.92. The highest BCUT2D eigenvalue weighted by Crippen LogP contribution is 2.39. The molecular formula is C33H34ClN3O3S. The Labute approximate surface area is 249 Å². The van der Waals surface area contributed by atoms with E-state index in [0.717, 1.165) is 57.1 Å². The molecule has 1 aromatic heterocycles. The van der Waals surface area contributed by atoms with Gasteiger partial charge < -0.3 is 20.1 Å². The van der Waals surface area contributed by atoms with Gasteiger partial charge in [-0.1, -0.05) is 61.8 Å². The molecule has 1 fully saturated rings. The molecular weight excluding hydrogens is 554 g/mol. The Morgan fingerprint density at radius 3 is 2.34 bits per heavy atom. The standard InChI is InChI=1S/C33H34ClN3O3S/c1-20(2)41(38)31-9-7-6-8-27(31)36-28-18-32(35-19-26(28)34)37-29-16-21(3)25(17-30(29)39-4)22-10-12-23(13-11-22)33(40-5)24-14-15-24/h6-13,16-20H,14-15H2,1-5H3,(H2,35,36,37). The summed E-state index contributed by atoms with van der Waals surface area (Å²) in [5, 5.41) is 7.18. The Hall–Kier alpha value is -3.81. The average Bonchev–Trinajstić information content (AvgIpc) is 3.81. The van der Waals surface area contributed by atoms with Crippen molar-refractivity contribution in [3.05, 3.63) is 94.6 Å². The lowest BCUT2D eigenvalue weighted by atomic mass is 9.98. The summed E-state index contributed by atoms with van der Waals surface area (Å²) in [6, 6.07) is 21.9. The number of aromatic nitrogens is 1. The molecule has 2 N–H and O–H groups in total. The summed E-state index contributed by atoms with van der Waals surface area (Å²) in [4.78, 5) is 5.22. The minimum absolute atomic E-state index is 0.0115. The number of nitrogens with zero attached hydrogens (tertiary/aromatic N) is 1. The minimum Gasteiger partial charge on any atom is -0.496 e. The Bertz CT molecular complexity index is 1630. The van der Waals surface area contributed by atoms with Crippen molar-refractivity contribution in [3.63, 3.8) is 0 Å². The van der Waals surface area contributed by atoms with Gasteiger partial charge in [0.15, 0.2) is 0 Å². The zero-order chi connectivity index (χ0) is 29.1. The Kier molecular flexibility index (Phi) is 8.66. The van der Waals surface area contributed by atoms with Crippen molar-refractivity contribution in [2.45, 2.75) is 43.8 Å². The Morgan fingerprint density at radius 1 is 0.951 bits per heavy atom. The molecule has 5 rings (SSSR count). The number of rotatable bonds is 10. The first-order valence-corrected chi connectivity index (χ1v) is 15.1. The molecule has 1 saturated carbocycles. The van der Waals surface area contributed by atoms with E-state index in [9.17, 15) is 4.21 Å². The van der Waals surface area contributed by atoms with Gasteiger partial charge in [-0.3, -0.25) is 4.21 Å². The van der Waals surface area contributed by atoms with E-state index in [1.165, 1.54) is 5.57 Å². The molecule has 4 aromatic rings. The fourth-order valence-corrected chi connectivity index (χ4v) is 5.91. The highest BCUT2D eigenvalue weighted by molar-refractivity contribution is 7.85. The monoisotopic (exact) mass is 587 g/mol. The molecule has 1 unspecified atom stereocenters. The largest absolute Gasteiger partial charge is 0.496 e. The molecule has 1 aliphatic carbocycles. The fraction of sp³-hybridized carbons (Fsp3) is 0.242. The molecule has 0 bridgehead atoms. The SMILES string of the molecule is COC(=C1CC1)c1ccc(-c2cc(OC)c(Nc3cc(Nc4ccccc4S(=O)C(C)C)c(Cl)cn3)cc2C)cc1. The number of hydrogen-bond acceptors (Lipinski definition) is 6. The molecule has 41 heavy (non-hydrogen) atoms. The number of halogens is 1. The number of nitrogens with one attached hydrogen (secondary N) is 2. The highest BCUT2D eigenvalue weighted by atomic mass is 35.5. The van der Waals surface area contributed by atoms with Crippen molar-refractivity contribution < 1.29 is 13.7 Å². The number of ether oxygens (including phenoxy) is 2.